The van der Waals surface area contributed by atoms with Gasteiger partial charge in [-0.3, -0.25) is 10.1 Å². The van der Waals surface area contributed by atoms with Crippen LogP contribution < -0.4 is 5.32 Å². The molecule has 1 saturated heterocycles. The van der Waals surface area contributed by atoms with Gasteiger partial charge in [-0.05, 0) is 32.8 Å². The summed E-state index contributed by atoms with van der Waals surface area (Å²) in [7, 11) is 0. The van der Waals surface area contributed by atoms with Crippen LogP contribution in [0.1, 0.15) is 26.3 Å². The van der Waals surface area contributed by atoms with Crippen LogP contribution in [0.25, 0.3) is 0 Å². The lowest BCUT2D eigenvalue weighted by Crippen LogP contribution is -2.55. The second-order valence-electron chi connectivity index (χ2n) is 6.66. The summed E-state index contributed by atoms with van der Waals surface area (Å²) in [5, 5.41) is 14.1. The number of ether oxygens (including phenoxy) is 1. The number of carbonyl (C=O) groups excluding carboxylic acids is 1. The van der Waals surface area contributed by atoms with Crippen LogP contribution in [0.3, 0.4) is 0 Å². The highest BCUT2D eigenvalue weighted by Gasteiger charge is 2.30. The first-order chi connectivity index (χ1) is 10.8. The Labute approximate surface area is 135 Å². The first-order valence-electron chi connectivity index (χ1n) is 7.70. The van der Waals surface area contributed by atoms with Crippen LogP contribution in [-0.2, 0) is 11.2 Å². The molecule has 0 radical (unpaired) electrons. The lowest BCUT2D eigenvalue weighted by molar-refractivity contribution is -0.384. The third-order valence-electron chi connectivity index (χ3n) is 3.57. The molecule has 1 aliphatic heterocycles. The zero-order valence-electron chi connectivity index (χ0n) is 13.7. The first kappa shape index (κ1) is 17.2. The van der Waals surface area contributed by atoms with E-state index < -0.39 is 10.5 Å². The number of carbonyl (C=O) groups is 1. The highest BCUT2D eigenvalue weighted by molar-refractivity contribution is 5.68. The minimum atomic E-state index is -0.544. The predicted molar refractivity (Wildman–Crippen MR) is 86.4 cm³/mol. The molecule has 2 rings (SSSR count). The van der Waals surface area contributed by atoms with Crippen molar-refractivity contribution >= 4 is 11.8 Å². The number of nitro groups is 1. The van der Waals surface area contributed by atoms with Crippen molar-refractivity contribution in [3.63, 3.8) is 0 Å². The third kappa shape index (κ3) is 4.92. The second kappa shape index (κ2) is 6.95. The van der Waals surface area contributed by atoms with Gasteiger partial charge in [-0.1, -0.05) is 12.1 Å². The number of nitro benzene ring substituents is 1. The molecule has 1 aliphatic rings. The highest BCUT2D eigenvalue weighted by Crippen LogP contribution is 2.19. The minimum absolute atomic E-state index is 0.0649. The summed E-state index contributed by atoms with van der Waals surface area (Å²) in [6.45, 7) is 7.43. The molecule has 1 aromatic rings. The molecule has 0 saturated carbocycles. The Hall–Kier alpha value is -2.15. The molecule has 126 valence electrons. The average Bonchev–Trinajstić information content (AvgIpc) is 2.46. The van der Waals surface area contributed by atoms with Crippen molar-refractivity contribution in [2.75, 3.05) is 19.6 Å². The van der Waals surface area contributed by atoms with E-state index in [-0.39, 0.29) is 17.8 Å². The fourth-order valence-corrected chi connectivity index (χ4v) is 2.57. The maximum atomic E-state index is 12.4. The number of amides is 1. The Balaban J connectivity index is 2.11. The fourth-order valence-electron chi connectivity index (χ4n) is 2.57. The van der Waals surface area contributed by atoms with Gasteiger partial charge in [0.05, 0.1) is 11.0 Å². The zero-order valence-corrected chi connectivity index (χ0v) is 13.7. The van der Waals surface area contributed by atoms with Gasteiger partial charge in [0, 0.05) is 31.8 Å². The van der Waals surface area contributed by atoms with E-state index in [2.05, 4.69) is 5.32 Å². The Kier molecular flexibility index (Phi) is 5.20. The largest absolute Gasteiger partial charge is 0.444 e. The van der Waals surface area contributed by atoms with Crippen molar-refractivity contribution in [2.24, 2.45) is 0 Å². The number of rotatable bonds is 3. The van der Waals surface area contributed by atoms with Crippen molar-refractivity contribution in [1.29, 1.82) is 0 Å². The molecule has 0 aliphatic carbocycles. The molecule has 7 heteroatoms. The molecule has 0 bridgehead atoms. The molecule has 0 aromatic heterocycles. The second-order valence-corrected chi connectivity index (χ2v) is 6.66. The van der Waals surface area contributed by atoms with Crippen LogP contribution in [0.4, 0.5) is 10.5 Å². The maximum absolute atomic E-state index is 12.4. The van der Waals surface area contributed by atoms with Gasteiger partial charge >= 0.3 is 6.09 Å². The van der Waals surface area contributed by atoms with Gasteiger partial charge in [-0.2, -0.15) is 0 Å². The van der Waals surface area contributed by atoms with Crippen LogP contribution in [-0.4, -0.2) is 47.2 Å². The van der Waals surface area contributed by atoms with Crippen LogP contribution in [0.15, 0.2) is 24.3 Å². The molecule has 1 N–H and O–H groups in total. The number of piperazine rings is 1. The zero-order chi connectivity index (χ0) is 17.0. The molecule has 7 nitrogen and oxygen atoms in total. The van der Waals surface area contributed by atoms with E-state index in [1.54, 1.807) is 17.0 Å². The molecule has 1 atom stereocenters. The van der Waals surface area contributed by atoms with Crippen molar-refractivity contribution in [2.45, 2.75) is 38.8 Å². The Bertz CT molecular complexity index is 583. The Morgan fingerprint density at radius 1 is 1.48 bits per heavy atom. The molecule has 0 unspecified atom stereocenters. The van der Waals surface area contributed by atoms with Gasteiger partial charge in [0.25, 0.3) is 5.69 Å². The van der Waals surface area contributed by atoms with Crippen molar-refractivity contribution in [1.82, 2.24) is 10.2 Å². The van der Waals surface area contributed by atoms with Gasteiger partial charge in [0.1, 0.15) is 5.60 Å². The molecule has 1 fully saturated rings. The van der Waals surface area contributed by atoms with E-state index in [1.165, 1.54) is 6.07 Å². The van der Waals surface area contributed by atoms with Crippen LogP contribution in [0.2, 0.25) is 0 Å². The van der Waals surface area contributed by atoms with Crippen molar-refractivity contribution in [3.8, 4) is 0 Å². The molecular formula is C16H23N3O4. The first-order valence-corrected chi connectivity index (χ1v) is 7.70. The van der Waals surface area contributed by atoms with E-state index in [4.69, 9.17) is 4.74 Å². The highest BCUT2D eigenvalue weighted by atomic mass is 16.6. The topological polar surface area (TPSA) is 84.7 Å². The molecule has 1 heterocycles. The fraction of sp³-hybridized carbons (Fsp3) is 0.562. The molecule has 23 heavy (non-hydrogen) atoms. The van der Waals surface area contributed by atoms with Crippen LogP contribution in [0, 0.1) is 10.1 Å². The smallest absolute Gasteiger partial charge is 0.410 e. The lowest BCUT2D eigenvalue weighted by atomic mass is 10.0. The Morgan fingerprint density at radius 2 is 2.22 bits per heavy atom. The van der Waals surface area contributed by atoms with Gasteiger partial charge in [-0.25, -0.2) is 4.79 Å². The predicted octanol–water partition coefficient (Wildman–Crippen LogP) is 2.35. The maximum Gasteiger partial charge on any atom is 0.410 e. The monoisotopic (exact) mass is 321 g/mol. The number of benzene rings is 1. The van der Waals surface area contributed by atoms with Crippen molar-refractivity contribution in [3.05, 3.63) is 39.9 Å². The third-order valence-corrected chi connectivity index (χ3v) is 3.57. The minimum Gasteiger partial charge on any atom is -0.444 e. The summed E-state index contributed by atoms with van der Waals surface area (Å²) in [5.74, 6) is 0. The summed E-state index contributed by atoms with van der Waals surface area (Å²) < 4.78 is 5.46. The van der Waals surface area contributed by atoms with E-state index >= 15 is 0 Å². The summed E-state index contributed by atoms with van der Waals surface area (Å²) in [6, 6.07) is 6.45. The van der Waals surface area contributed by atoms with Crippen LogP contribution >= 0.6 is 0 Å². The number of hydrogen-bond acceptors (Lipinski definition) is 5. The quantitative estimate of drug-likeness (QED) is 0.682. The number of hydrogen-bond donors (Lipinski definition) is 1. The SMILES string of the molecule is CC(C)(C)OC(=O)N1CCNC[C@@H]1Cc1cccc([N+](=O)[O-])c1. The number of nitrogens with zero attached hydrogens (tertiary/aromatic N) is 2. The van der Waals surface area contributed by atoms with E-state index in [0.717, 1.165) is 5.56 Å². The van der Waals surface area contributed by atoms with E-state index in [1.807, 2.05) is 26.8 Å². The number of nitrogens with one attached hydrogen (secondary N) is 1. The molecule has 1 aromatic carbocycles. The van der Waals surface area contributed by atoms with Crippen LogP contribution in [0.5, 0.6) is 0 Å². The standard InChI is InChI=1S/C16H23N3O4/c1-16(2,3)23-15(20)18-8-7-17-11-14(18)10-12-5-4-6-13(9-12)19(21)22/h4-6,9,14,17H,7-8,10-11H2,1-3H3/t14-/m0/s1. The van der Waals surface area contributed by atoms with E-state index in [9.17, 15) is 14.9 Å². The van der Waals surface area contributed by atoms with Crippen molar-refractivity contribution < 1.29 is 14.5 Å². The summed E-state index contributed by atoms with van der Waals surface area (Å²) in [4.78, 5) is 24.5. The van der Waals surface area contributed by atoms with Gasteiger partial charge in [0.15, 0.2) is 0 Å². The lowest BCUT2D eigenvalue weighted by Gasteiger charge is -2.37. The molecular weight excluding hydrogens is 298 g/mol. The summed E-state index contributed by atoms with van der Waals surface area (Å²) >= 11 is 0. The van der Waals surface area contributed by atoms with Gasteiger partial charge in [-0.15, -0.1) is 0 Å². The normalized spacial score (nSPS) is 18.6. The van der Waals surface area contributed by atoms with Gasteiger partial charge in [0.2, 0.25) is 0 Å². The number of non-ortho nitro benzene ring substituents is 1. The molecule has 0 spiro atoms. The molecule has 1 amide bonds. The van der Waals surface area contributed by atoms with Gasteiger partial charge < -0.3 is 15.0 Å². The average molecular weight is 321 g/mol. The Morgan fingerprint density at radius 3 is 2.87 bits per heavy atom. The summed E-state index contributed by atoms with van der Waals surface area (Å²) in [6.07, 6.45) is 0.211. The van der Waals surface area contributed by atoms with E-state index in [0.29, 0.717) is 26.1 Å². The summed E-state index contributed by atoms with van der Waals surface area (Å²) in [5.41, 5.74) is 0.356.